The van der Waals surface area contributed by atoms with Gasteiger partial charge in [0.05, 0.1) is 28.7 Å². The molecular weight excluding hydrogens is 485 g/mol. The fourth-order valence-electron chi connectivity index (χ4n) is 3.80. The van der Waals surface area contributed by atoms with E-state index in [4.69, 9.17) is 15.1 Å². The van der Waals surface area contributed by atoms with Crippen LogP contribution < -0.4 is 10.5 Å². The number of hydrogen-bond donors (Lipinski definition) is 2. The van der Waals surface area contributed by atoms with Gasteiger partial charge in [-0.05, 0) is 59.5 Å². The molecule has 5 rings (SSSR count). The largest absolute Gasteiger partial charge is 0.416 e. The molecule has 0 saturated heterocycles. The van der Waals surface area contributed by atoms with Gasteiger partial charge in [0.2, 0.25) is 0 Å². The van der Waals surface area contributed by atoms with Crippen LogP contribution in [-0.2, 0) is 12.7 Å². The molecule has 0 saturated carbocycles. The first-order chi connectivity index (χ1) is 17.4. The molecule has 5 aromatic rings. The minimum absolute atomic E-state index is 0.394. The zero-order valence-electron chi connectivity index (χ0n) is 18.7. The monoisotopic (exact) mass is 504 g/mol. The van der Waals surface area contributed by atoms with Crippen LogP contribution in [-0.4, -0.2) is 19.9 Å². The number of aromatic nitrogens is 4. The molecule has 3 heterocycles. The van der Waals surface area contributed by atoms with E-state index < -0.39 is 11.7 Å². The lowest BCUT2D eigenvalue weighted by Crippen LogP contribution is -2.06. The van der Waals surface area contributed by atoms with Crippen LogP contribution in [0.3, 0.4) is 0 Å². The second kappa shape index (κ2) is 9.92. The Labute approximate surface area is 209 Å². The second-order valence-electron chi connectivity index (χ2n) is 7.87. The summed E-state index contributed by atoms with van der Waals surface area (Å²) in [7, 11) is 0. The lowest BCUT2D eigenvalue weighted by Gasteiger charge is -2.15. The quantitative estimate of drug-likeness (QED) is 0.260. The van der Waals surface area contributed by atoms with E-state index in [1.54, 1.807) is 18.6 Å². The lowest BCUT2D eigenvalue weighted by molar-refractivity contribution is -0.137. The minimum atomic E-state index is -4.41. The van der Waals surface area contributed by atoms with Crippen molar-refractivity contribution in [1.82, 2.24) is 19.9 Å². The predicted octanol–water partition coefficient (Wildman–Crippen LogP) is 6.35. The Kier molecular flexibility index (Phi) is 6.53. The van der Waals surface area contributed by atoms with Gasteiger partial charge < -0.3 is 5.32 Å². The highest BCUT2D eigenvalue weighted by atomic mass is 32.2. The van der Waals surface area contributed by atoms with E-state index in [2.05, 4.69) is 15.3 Å². The first-order valence-electron chi connectivity index (χ1n) is 10.9. The van der Waals surface area contributed by atoms with E-state index in [0.29, 0.717) is 45.8 Å². The minimum Gasteiger partial charge on any atom is -0.364 e. The van der Waals surface area contributed by atoms with Crippen molar-refractivity contribution in [3.05, 3.63) is 96.6 Å². The number of rotatable bonds is 6. The number of nitrogens with two attached hydrogens (primary N) is 1. The van der Waals surface area contributed by atoms with E-state index >= 15 is 0 Å². The molecule has 0 unspecified atom stereocenters. The van der Waals surface area contributed by atoms with Crippen molar-refractivity contribution in [3.63, 3.8) is 0 Å². The van der Waals surface area contributed by atoms with Crippen molar-refractivity contribution in [3.8, 4) is 22.5 Å². The number of nitrogens with zero attached hydrogens (tertiary/aromatic N) is 4. The van der Waals surface area contributed by atoms with Crippen molar-refractivity contribution in [1.29, 1.82) is 0 Å². The van der Waals surface area contributed by atoms with Gasteiger partial charge in [-0.2, -0.15) is 13.2 Å². The maximum Gasteiger partial charge on any atom is 0.416 e. The number of pyridine rings is 2. The summed E-state index contributed by atoms with van der Waals surface area (Å²) in [5.74, 6) is 0.973. The van der Waals surface area contributed by atoms with Gasteiger partial charge in [0.25, 0.3) is 0 Å². The SMILES string of the molecule is NSc1cncc(-c2nc(NCc3ccccn3)c3c(-c4ccc(C(F)(F)F)cc4)cccc3n2)c1. The number of alkyl halides is 3. The van der Waals surface area contributed by atoms with Crippen molar-refractivity contribution in [2.45, 2.75) is 17.6 Å². The molecule has 180 valence electrons. The molecule has 0 fully saturated rings. The molecule has 0 aliphatic rings. The fraction of sp³-hybridized carbons (Fsp3) is 0.0769. The summed E-state index contributed by atoms with van der Waals surface area (Å²) in [6, 6.07) is 18.0. The number of fused-ring (bicyclic) bond motifs is 1. The summed E-state index contributed by atoms with van der Waals surface area (Å²) in [5.41, 5.74) is 2.75. The summed E-state index contributed by atoms with van der Waals surface area (Å²) in [6.07, 6.45) is 0.603. The highest BCUT2D eigenvalue weighted by molar-refractivity contribution is 7.97. The van der Waals surface area contributed by atoms with Crippen LogP contribution in [0.25, 0.3) is 33.4 Å². The molecule has 3 aromatic heterocycles. The second-order valence-corrected chi connectivity index (χ2v) is 8.58. The summed E-state index contributed by atoms with van der Waals surface area (Å²) < 4.78 is 39.3. The van der Waals surface area contributed by atoms with E-state index in [1.807, 2.05) is 42.5 Å². The van der Waals surface area contributed by atoms with Crippen LogP contribution in [0.15, 0.2) is 90.2 Å². The number of benzene rings is 2. The Morgan fingerprint density at radius 2 is 1.72 bits per heavy atom. The third kappa shape index (κ3) is 5.00. The van der Waals surface area contributed by atoms with Gasteiger partial charge in [0.1, 0.15) is 5.82 Å². The van der Waals surface area contributed by atoms with Crippen LogP contribution in [0.5, 0.6) is 0 Å². The summed E-state index contributed by atoms with van der Waals surface area (Å²) in [6.45, 7) is 0.394. The molecule has 0 spiro atoms. The molecule has 36 heavy (non-hydrogen) atoms. The Balaban J connectivity index is 1.65. The van der Waals surface area contributed by atoms with Crippen molar-refractivity contribution < 1.29 is 13.2 Å². The molecule has 0 aliphatic carbocycles. The Morgan fingerprint density at radius 1 is 0.889 bits per heavy atom. The van der Waals surface area contributed by atoms with Crippen LogP contribution >= 0.6 is 11.9 Å². The van der Waals surface area contributed by atoms with Gasteiger partial charge >= 0.3 is 6.18 Å². The van der Waals surface area contributed by atoms with Crippen molar-refractivity contribution >= 4 is 28.7 Å². The normalized spacial score (nSPS) is 11.6. The highest BCUT2D eigenvalue weighted by Gasteiger charge is 2.30. The maximum absolute atomic E-state index is 13.1. The van der Waals surface area contributed by atoms with Crippen molar-refractivity contribution in [2.24, 2.45) is 5.14 Å². The highest BCUT2D eigenvalue weighted by Crippen LogP contribution is 2.36. The van der Waals surface area contributed by atoms with Gasteiger partial charge in [-0.3, -0.25) is 15.1 Å². The molecule has 0 aliphatic heterocycles. The average molecular weight is 505 g/mol. The topological polar surface area (TPSA) is 89.6 Å². The van der Waals surface area contributed by atoms with Gasteiger partial charge in [-0.25, -0.2) is 9.97 Å². The van der Waals surface area contributed by atoms with Gasteiger partial charge in [-0.1, -0.05) is 30.3 Å². The molecule has 0 bridgehead atoms. The Hall–Kier alpha value is -4.02. The predicted molar refractivity (Wildman–Crippen MR) is 135 cm³/mol. The van der Waals surface area contributed by atoms with E-state index in [-0.39, 0.29) is 0 Å². The first kappa shape index (κ1) is 23.7. The molecule has 10 heteroatoms. The molecule has 0 amide bonds. The number of anilines is 1. The fourth-order valence-corrected chi connectivity index (χ4v) is 4.12. The van der Waals surface area contributed by atoms with Crippen LogP contribution in [0, 0.1) is 0 Å². The van der Waals surface area contributed by atoms with Gasteiger partial charge in [0, 0.05) is 29.0 Å². The third-order valence-electron chi connectivity index (χ3n) is 5.52. The van der Waals surface area contributed by atoms with E-state index in [1.165, 1.54) is 12.1 Å². The van der Waals surface area contributed by atoms with Gasteiger partial charge in [0.15, 0.2) is 5.82 Å². The zero-order valence-corrected chi connectivity index (χ0v) is 19.5. The average Bonchev–Trinajstić information content (AvgIpc) is 2.91. The van der Waals surface area contributed by atoms with E-state index in [0.717, 1.165) is 34.7 Å². The molecule has 6 nitrogen and oxygen atoms in total. The molecule has 0 radical (unpaired) electrons. The lowest BCUT2D eigenvalue weighted by atomic mass is 9.99. The zero-order chi connectivity index (χ0) is 25.1. The van der Waals surface area contributed by atoms with E-state index in [9.17, 15) is 13.2 Å². The summed E-state index contributed by atoms with van der Waals surface area (Å²) in [4.78, 5) is 18.9. The number of nitrogens with one attached hydrogen (secondary N) is 1. The Morgan fingerprint density at radius 3 is 2.44 bits per heavy atom. The molecule has 2 aromatic carbocycles. The first-order valence-corrected chi connectivity index (χ1v) is 11.7. The number of hydrogen-bond acceptors (Lipinski definition) is 7. The number of halogens is 3. The van der Waals surface area contributed by atoms with Crippen LogP contribution in [0.1, 0.15) is 11.3 Å². The summed E-state index contributed by atoms with van der Waals surface area (Å²) >= 11 is 1.07. The molecule has 3 N–H and O–H groups in total. The molecule has 0 atom stereocenters. The standard InChI is InChI=1S/C26H19F3N6S/c27-26(28,29)18-9-7-16(8-10-18)21-5-3-6-22-23(21)25(33-14-19-4-1-2-11-32-19)35-24(34-22)17-12-20(36-30)15-31-13-17/h1-13,15H,14,30H2,(H,33,34,35). The maximum atomic E-state index is 13.1. The van der Waals surface area contributed by atoms with Crippen molar-refractivity contribution in [2.75, 3.05) is 5.32 Å². The third-order valence-corrected chi connectivity index (χ3v) is 6.01. The van der Waals surface area contributed by atoms with Gasteiger partial charge in [-0.15, -0.1) is 0 Å². The smallest absolute Gasteiger partial charge is 0.364 e. The summed E-state index contributed by atoms with van der Waals surface area (Å²) in [5, 5.41) is 9.73. The van der Waals surface area contributed by atoms with Crippen LogP contribution in [0.4, 0.5) is 19.0 Å². The molecular formula is C26H19F3N6S. The van der Waals surface area contributed by atoms with Crippen LogP contribution in [0.2, 0.25) is 0 Å². The Bertz CT molecular complexity index is 1510.